The third-order valence-electron chi connectivity index (χ3n) is 3.14. The highest BCUT2D eigenvalue weighted by atomic mass is 16.4. The highest BCUT2D eigenvalue weighted by molar-refractivity contribution is 5.82. The van der Waals surface area contributed by atoms with Gasteiger partial charge in [-0.15, -0.1) is 0 Å². The molecular weight excluding hydrogens is 234 g/mol. The summed E-state index contributed by atoms with van der Waals surface area (Å²) in [5.74, 6) is -1.14. The molecule has 0 aromatic heterocycles. The maximum atomic E-state index is 11.5. The van der Waals surface area contributed by atoms with Gasteiger partial charge >= 0.3 is 12.0 Å². The molecule has 2 amide bonds. The van der Waals surface area contributed by atoms with Gasteiger partial charge < -0.3 is 20.6 Å². The Morgan fingerprint density at radius 3 is 2.44 bits per heavy atom. The molecule has 1 aliphatic carbocycles. The van der Waals surface area contributed by atoms with Crippen LogP contribution in [0.5, 0.6) is 0 Å². The van der Waals surface area contributed by atoms with E-state index < -0.39 is 18.0 Å². The number of carbonyl (C=O) groups is 2. The Morgan fingerprint density at radius 2 is 2.00 bits per heavy atom. The smallest absolute Gasteiger partial charge is 0.326 e. The number of urea groups is 1. The molecule has 3 N–H and O–H groups in total. The summed E-state index contributed by atoms with van der Waals surface area (Å²) in [4.78, 5) is 24.6. The average Bonchev–Trinajstić information content (AvgIpc) is 3.08. The van der Waals surface area contributed by atoms with Gasteiger partial charge in [0.15, 0.2) is 0 Å². The van der Waals surface area contributed by atoms with Crippen LogP contribution >= 0.6 is 0 Å². The van der Waals surface area contributed by atoms with Crippen molar-refractivity contribution in [2.75, 3.05) is 20.1 Å². The molecule has 104 valence electrons. The van der Waals surface area contributed by atoms with Gasteiger partial charge in [0.1, 0.15) is 6.04 Å². The highest BCUT2D eigenvalue weighted by Gasteiger charge is 2.26. The van der Waals surface area contributed by atoms with E-state index in [2.05, 4.69) is 15.5 Å². The number of aliphatic carboxylic acids is 1. The maximum Gasteiger partial charge on any atom is 0.326 e. The van der Waals surface area contributed by atoms with Gasteiger partial charge in [-0.3, -0.25) is 0 Å². The zero-order chi connectivity index (χ0) is 13.7. The first-order chi connectivity index (χ1) is 8.41. The summed E-state index contributed by atoms with van der Waals surface area (Å²) in [6.07, 6.45) is 2.47. The Bertz CT molecular complexity index is 303. The lowest BCUT2D eigenvalue weighted by Gasteiger charge is -2.19. The van der Waals surface area contributed by atoms with E-state index in [1.807, 2.05) is 7.05 Å². The van der Waals surface area contributed by atoms with E-state index in [0.29, 0.717) is 12.6 Å². The number of nitrogens with one attached hydrogen (secondary N) is 2. The molecule has 1 rings (SSSR count). The zero-order valence-corrected chi connectivity index (χ0v) is 11.3. The van der Waals surface area contributed by atoms with Crippen LogP contribution in [0.25, 0.3) is 0 Å². The summed E-state index contributed by atoms with van der Waals surface area (Å²) < 4.78 is 0. The van der Waals surface area contributed by atoms with Crippen molar-refractivity contribution in [2.45, 2.75) is 38.8 Å². The highest BCUT2D eigenvalue weighted by Crippen LogP contribution is 2.24. The van der Waals surface area contributed by atoms with Crippen LogP contribution in [0.1, 0.15) is 26.7 Å². The molecule has 6 heteroatoms. The van der Waals surface area contributed by atoms with Crippen molar-refractivity contribution < 1.29 is 14.7 Å². The number of amides is 2. The van der Waals surface area contributed by atoms with Crippen molar-refractivity contribution in [1.82, 2.24) is 15.5 Å². The Balaban J connectivity index is 2.20. The number of carbonyl (C=O) groups excluding carboxylic acids is 1. The number of hydrogen-bond acceptors (Lipinski definition) is 3. The standard InChI is InChI=1S/C12H23N3O3/c1-8(2)10(11(16)17)14-12(18)13-6-7-15(3)9-4-5-9/h8-10H,4-7H2,1-3H3,(H,16,17)(H2,13,14,18)/t10-/m0/s1. The second-order valence-electron chi connectivity index (χ2n) is 5.17. The molecule has 1 saturated carbocycles. The average molecular weight is 257 g/mol. The van der Waals surface area contributed by atoms with E-state index in [9.17, 15) is 9.59 Å². The molecule has 6 nitrogen and oxygen atoms in total. The first-order valence-electron chi connectivity index (χ1n) is 6.39. The van der Waals surface area contributed by atoms with Gasteiger partial charge in [-0.1, -0.05) is 13.8 Å². The first-order valence-corrected chi connectivity index (χ1v) is 6.39. The molecule has 0 bridgehead atoms. The van der Waals surface area contributed by atoms with Gasteiger partial charge in [0, 0.05) is 19.1 Å². The lowest BCUT2D eigenvalue weighted by Crippen LogP contribution is -2.49. The number of carboxylic acids is 1. The molecule has 1 aliphatic rings. The summed E-state index contributed by atoms with van der Waals surface area (Å²) in [5.41, 5.74) is 0. The molecule has 1 atom stereocenters. The summed E-state index contributed by atoms with van der Waals surface area (Å²) in [6.45, 7) is 4.85. The van der Waals surface area contributed by atoms with E-state index in [0.717, 1.165) is 6.54 Å². The van der Waals surface area contributed by atoms with Gasteiger partial charge in [-0.2, -0.15) is 0 Å². The Labute approximate surface area is 108 Å². The Morgan fingerprint density at radius 1 is 1.39 bits per heavy atom. The molecule has 0 aromatic rings. The van der Waals surface area contributed by atoms with Crippen molar-refractivity contribution in [1.29, 1.82) is 0 Å². The molecule has 18 heavy (non-hydrogen) atoms. The van der Waals surface area contributed by atoms with Gasteiger partial charge in [0.05, 0.1) is 0 Å². The monoisotopic (exact) mass is 257 g/mol. The SMILES string of the molecule is CC(C)[C@H](NC(=O)NCCN(C)C1CC1)C(=O)O. The van der Waals surface area contributed by atoms with Crippen LogP contribution < -0.4 is 10.6 Å². The quantitative estimate of drug-likeness (QED) is 0.620. The first kappa shape index (κ1) is 14.8. The topological polar surface area (TPSA) is 81.7 Å². The van der Waals surface area contributed by atoms with E-state index in [1.54, 1.807) is 13.8 Å². The van der Waals surface area contributed by atoms with Gasteiger partial charge in [-0.05, 0) is 25.8 Å². The van der Waals surface area contributed by atoms with Crippen molar-refractivity contribution in [3.8, 4) is 0 Å². The molecule has 0 heterocycles. The molecule has 0 aliphatic heterocycles. The zero-order valence-electron chi connectivity index (χ0n) is 11.3. The normalized spacial score (nSPS) is 16.7. The van der Waals surface area contributed by atoms with Gasteiger partial charge in [-0.25, -0.2) is 9.59 Å². The molecule has 1 fully saturated rings. The largest absolute Gasteiger partial charge is 0.480 e. The van der Waals surface area contributed by atoms with Crippen LogP contribution in [0.2, 0.25) is 0 Å². The molecule has 0 spiro atoms. The van der Waals surface area contributed by atoms with Crippen LogP contribution in [-0.2, 0) is 4.79 Å². The fraction of sp³-hybridized carbons (Fsp3) is 0.833. The fourth-order valence-electron chi connectivity index (χ4n) is 1.75. The third-order valence-corrected chi connectivity index (χ3v) is 3.14. The Hall–Kier alpha value is -1.30. The minimum Gasteiger partial charge on any atom is -0.480 e. The maximum absolute atomic E-state index is 11.5. The molecule has 0 aromatic carbocycles. The second kappa shape index (κ2) is 6.58. The molecule has 0 saturated heterocycles. The summed E-state index contributed by atoms with van der Waals surface area (Å²) in [5, 5.41) is 14.1. The van der Waals surface area contributed by atoms with Gasteiger partial charge in [0.25, 0.3) is 0 Å². The third kappa shape index (κ3) is 4.91. The van der Waals surface area contributed by atoms with Gasteiger partial charge in [0.2, 0.25) is 0 Å². The number of carboxylic acid groups (broad SMARTS) is 1. The molecule has 0 unspecified atom stereocenters. The van der Waals surface area contributed by atoms with Crippen molar-refractivity contribution in [3.05, 3.63) is 0 Å². The molecular formula is C12H23N3O3. The minimum absolute atomic E-state index is 0.137. The summed E-state index contributed by atoms with van der Waals surface area (Å²) >= 11 is 0. The van der Waals surface area contributed by atoms with E-state index >= 15 is 0 Å². The number of likely N-dealkylation sites (N-methyl/N-ethyl adjacent to an activating group) is 1. The van der Waals surface area contributed by atoms with Crippen molar-refractivity contribution >= 4 is 12.0 Å². The fourth-order valence-corrected chi connectivity index (χ4v) is 1.75. The molecule has 0 radical (unpaired) electrons. The summed E-state index contributed by atoms with van der Waals surface area (Å²) in [6, 6.07) is -0.594. The lowest BCUT2D eigenvalue weighted by molar-refractivity contribution is -0.140. The number of nitrogens with zero attached hydrogens (tertiary/aromatic N) is 1. The van der Waals surface area contributed by atoms with E-state index in [4.69, 9.17) is 5.11 Å². The van der Waals surface area contributed by atoms with Crippen LogP contribution in [0.3, 0.4) is 0 Å². The van der Waals surface area contributed by atoms with Crippen molar-refractivity contribution in [2.24, 2.45) is 5.92 Å². The van der Waals surface area contributed by atoms with Crippen LogP contribution in [0.15, 0.2) is 0 Å². The number of hydrogen-bond donors (Lipinski definition) is 3. The number of rotatable bonds is 7. The van der Waals surface area contributed by atoms with Crippen molar-refractivity contribution in [3.63, 3.8) is 0 Å². The lowest BCUT2D eigenvalue weighted by atomic mass is 10.1. The predicted molar refractivity (Wildman–Crippen MR) is 68.4 cm³/mol. The van der Waals surface area contributed by atoms with Crippen LogP contribution in [0.4, 0.5) is 4.79 Å². The van der Waals surface area contributed by atoms with E-state index in [-0.39, 0.29) is 5.92 Å². The second-order valence-corrected chi connectivity index (χ2v) is 5.17. The van der Waals surface area contributed by atoms with Crippen LogP contribution in [0, 0.1) is 5.92 Å². The Kier molecular flexibility index (Phi) is 5.40. The summed E-state index contributed by atoms with van der Waals surface area (Å²) in [7, 11) is 2.03. The van der Waals surface area contributed by atoms with Crippen LogP contribution in [-0.4, -0.2) is 54.2 Å². The predicted octanol–water partition coefficient (Wildman–Crippen LogP) is 0.489. The van der Waals surface area contributed by atoms with E-state index in [1.165, 1.54) is 12.8 Å². The minimum atomic E-state index is -1.00.